The summed E-state index contributed by atoms with van der Waals surface area (Å²) < 4.78 is 10.5. The Hall–Kier alpha value is -3.27. The van der Waals surface area contributed by atoms with Crippen LogP contribution in [0.4, 0.5) is 11.4 Å². The molecule has 0 atom stereocenters. The molecule has 0 aliphatic rings. The number of amides is 2. The van der Waals surface area contributed by atoms with E-state index in [0.29, 0.717) is 22.8 Å². The lowest BCUT2D eigenvalue weighted by Gasteiger charge is -2.12. The molecule has 0 radical (unpaired) electrons. The highest BCUT2D eigenvalue weighted by molar-refractivity contribution is 7.99. The van der Waals surface area contributed by atoms with Gasteiger partial charge >= 0.3 is 5.69 Å². The van der Waals surface area contributed by atoms with Crippen LogP contribution >= 0.6 is 11.8 Å². The van der Waals surface area contributed by atoms with Crippen molar-refractivity contribution in [3.8, 4) is 11.5 Å². The fourth-order valence-corrected chi connectivity index (χ4v) is 3.15. The molecule has 2 aromatic rings. The van der Waals surface area contributed by atoms with Gasteiger partial charge < -0.3 is 20.5 Å². The van der Waals surface area contributed by atoms with Crippen LogP contribution < -0.4 is 20.5 Å². The van der Waals surface area contributed by atoms with Crippen LogP contribution in [0.2, 0.25) is 0 Å². The number of methoxy groups -OCH3 is 1. The van der Waals surface area contributed by atoms with Crippen LogP contribution in [-0.2, 0) is 15.3 Å². The van der Waals surface area contributed by atoms with Gasteiger partial charge in [-0.1, -0.05) is 18.2 Å². The van der Waals surface area contributed by atoms with Crippen molar-refractivity contribution in [1.29, 1.82) is 0 Å². The zero-order chi connectivity index (χ0) is 21.2. The number of nitrogens with one attached hydrogen (secondary N) is 1. The van der Waals surface area contributed by atoms with Gasteiger partial charge in [0.1, 0.15) is 5.75 Å². The van der Waals surface area contributed by atoms with E-state index in [-0.39, 0.29) is 36.1 Å². The van der Waals surface area contributed by atoms with Crippen molar-refractivity contribution < 1.29 is 24.0 Å². The number of para-hydroxylation sites is 2. The molecule has 0 saturated heterocycles. The standard InChI is InChI=1S/C19H21N3O6S/c1-27-17-7-6-13(10-15(17)22(25)26)11-29-12-19(24)21-14-4-2-3-5-16(14)28-9-8-18(20)23/h2-7,10H,8-9,11-12H2,1H3,(H2,20,23)(H,21,24). The maximum Gasteiger partial charge on any atom is 0.311 e. The number of primary amides is 1. The minimum Gasteiger partial charge on any atom is -0.491 e. The number of hydrogen-bond acceptors (Lipinski definition) is 7. The van der Waals surface area contributed by atoms with E-state index in [2.05, 4.69) is 5.32 Å². The summed E-state index contributed by atoms with van der Waals surface area (Å²) in [6.07, 6.45) is 0.0755. The monoisotopic (exact) mass is 419 g/mol. The van der Waals surface area contributed by atoms with E-state index in [1.165, 1.54) is 31.0 Å². The van der Waals surface area contributed by atoms with Gasteiger partial charge in [0.15, 0.2) is 5.75 Å². The molecule has 9 nitrogen and oxygen atoms in total. The lowest BCUT2D eigenvalue weighted by atomic mass is 10.2. The number of nitro groups is 1. The SMILES string of the molecule is COc1ccc(CSCC(=O)Nc2ccccc2OCCC(N)=O)cc1[N+](=O)[O-]. The van der Waals surface area contributed by atoms with Crippen molar-refractivity contribution in [3.05, 3.63) is 58.1 Å². The van der Waals surface area contributed by atoms with Crippen LogP contribution in [-0.4, -0.2) is 36.2 Å². The Labute approximate surface area is 171 Å². The van der Waals surface area contributed by atoms with E-state index in [1.54, 1.807) is 30.3 Å². The van der Waals surface area contributed by atoms with Crippen molar-refractivity contribution in [3.63, 3.8) is 0 Å². The van der Waals surface area contributed by atoms with Crippen molar-refractivity contribution in [2.75, 3.05) is 24.8 Å². The average molecular weight is 419 g/mol. The molecule has 0 unspecified atom stereocenters. The van der Waals surface area contributed by atoms with E-state index >= 15 is 0 Å². The highest BCUT2D eigenvalue weighted by Gasteiger charge is 2.15. The summed E-state index contributed by atoms with van der Waals surface area (Å²) in [7, 11) is 1.37. The molecule has 0 spiro atoms. The fraction of sp³-hybridized carbons (Fsp3) is 0.263. The molecule has 0 saturated carbocycles. The minimum absolute atomic E-state index is 0.0755. The molecule has 3 N–H and O–H groups in total. The summed E-state index contributed by atoms with van der Waals surface area (Å²) in [6.45, 7) is 0.118. The number of benzene rings is 2. The molecule has 0 fully saturated rings. The molecular formula is C19H21N3O6S. The van der Waals surface area contributed by atoms with Gasteiger partial charge in [-0.05, 0) is 23.8 Å². The second kappa shape index (κ2) is 10.9. The number of carbonyl (C=O) groups is 2. The van der Waals surface area contributed by atoms with Crippen LogP contribution in [0.5, 0.6) is 11.5 Å². The third kappa shape index (κ3) is 7.00. The molecule has 10 heteroatoms. The molecule has 0 aliphatic carbocycles. The average Bonchev–Trinajstić information content (AvgIpc) is 2.69. The lowest BCUT2D eigenvalue weighted by molar-refractivity contribution is -0.385. The van der Waals surface area contributed by atoms with Crippen molar-refractivity contribution >= 4 is 35.0 Å². The molecule has 2 aromatic carbocycles. The molecule has 0 aromatic heterocycles. The molecule has 29 heavy (non-hydrogen) atoms. The van der Waals surface area contributed by atoms with E-state index in [0.717, 1.165) is 0 Å². The number of anilines is 1. The molecule has 2 amide bonds. The smallest absolute Gasteiger partial charge is 0.311 e. The highest BCUT2D eigenvalue weighted by Crippen LogP contribution is 2.29. The highest BCUT2D eigenvalue weighted by atomic mass is 32.2. The summed E-state index contributed by atoms with van der Waals surface area (Å²) in [4.78, 5) is 33.6. The second-order valence-corrected chi connectivity index (χ2v) is 6.85. The van der Waals surface area contributed by atoms with E-state index in [9.17, 15) is 19.7 Å². The maximum atomic E-state index is 12.2. The second-order valence-electron chi connectivity index (χ2n) is 5.87. The number of nitro benzene ring substituents is 1. The first-order valence-corrected chi connectivity index (χ1v) is 9.75. The van der Waals surface area contributed by atoms with Gasteiger partial charge in [0.25, 0.3) is 0 Å². The van der Waals surface area contributed by atoms with Crippen molar-refractivity contribution in [1.82, 2.24) is 0 Å². The minimum atomic E-state index is -0.505. The van der Waals surface area contributed by atoms with E-state index < -0.39 is 10.8 Å². The molecular weight excluding hydrogens is 398 g/mol. The van der Waals surface area contributed by atoms with Gasteiger partial charge in [-0.15, -0.1) is 11.8 Å². The van der Waals surface area contributed by atoms with E-state index in [4.69, 9.17) is 15.2 Å². The summed E-state index contributed by atoms with van der Waals surface area (Å²) in [6, 6.07) is 11.6. The van der Waals surface area contributed by atoms with Crippen LogP contribution in [0.15, 0.2) is 42.5 Å². The quantitative estimate of drug-likeness (QED) is 0.422. The first-order chi connectivity index (χ1) is 13.9. The van der Waals surface area contributed by atoms with Gasteiger partial charge in [0.05, 0.1) is 36.5 Å². The number of nitrogens with zero attached hydrogens (tertiary/aromatic N) is 1. The number of ether oxygens (including phenoxy) is 2. The number of hydrogen-bond donors (Lipinski definition) is 2. The Kier molecular flexibility index (Phi) is 8.28. The lowest BCUT2D eigenvalue weighted by Crippen LogP contribution is -2.17. The van der Waals surface area contributed by atoms with Gasteiger partial charge in [-0.25, -0.2) is 0 Å². The third-order valence-electron chi connectivity index (χ3n) is 3.71. The van der Waals surface area contributed by atoms with Crippen molar-refractivity contribution in [2.24, 2.45) is 5.73 Å². The van der Waals surface area contributed by atoms with Crippen LogP contribution in [0.3, 0.4) is 0 Å². The van der Waals surface area contributed by atoms with Crippen LogP contribution in [0.25, 0.3) is 0 Å². The summed E-state index contributed by atoms with van der Waals surface area (Å²) in [5, 5.41) is 13.8. The molecule has 2 rings (SSSR count). The molecule has 154 valence electrons. The molecule has 0 aliphatic heterocycles. The van der Waals surface area contributed by atoms with E-state index in [1.807, 2.05) is 0 Å². The first kappa shape index (κ1) is 22.0. The normalized spacial score (nSPS) is 10.2. The van der Waals surface area contributed by atoms with Gasteiger partial charge in [-0.2, -0.15) is 0 Å². The number of carbonyl (C=O) groups excluding carboxylic acids is 2. The topological polar surface area (TPSA) is 134 Å². The zero-order valence-corrected chi connectivity index (χ0v) is 16.6. The molecule has 0 heterocycles. The Morgan fingerprint density at radius 2 is 1.97 bits per heavy atom. The zero-order valence-electron chi connectivity index (χ0n) is 15.8. The largest absolute Gasteiger partial charge is 0.491 e. The van der Waals surface area contributed by atoms with Crippen molar-refractivity contribution in [2.45, 2.75) is 12.2 Å². The maximum absolute atomic E-state index is 12.2. The summed E-state index contributed by atoms with van der Waals surface area (Å²) in [5.41, 5.74) is 6.17. The third-order valence-corrected chi connectivity index (χ3v) is 4.71. The molecule has 0 bridgehead atoms. The first-order valence-electron chi connectivity index (χ1n) is 8.59. The Bertz CT molecular complexity index is 890. The van der Waals surface area contributed by atoms with Crippen LogP contribution in [0, 0.1) is 10.1 Å². The van der Waals surface area contributed by atoms with Gasteiger partial charge in [0.2, 0.25) is 11.8 Å². The summed E-state index contributed by atoms with van der Waals surface area (Å²) in [5.74, 6) is 0.489. The number of nitrogens with two attached hydrogens (primary N) is 1. The number of thioether (sulfide) groups is 1. The Morgan fingerprint density at radius 1 is 1.21 bits per heavy atom. The predicted octanol–water partition coefficient (Wildman–Crippen LogP) is 2.73. The fourth-order valence-electron chi connectivity index (χ4n) is 2.37. The van der Waals surface area contributed by atoms with Gasteiger partial charge in [0, 0.05) is 11.8 Å². The Morgan fingerprint density at radius 3 is 2.66 bits per heavy atom. The number of rotatable bonds is 11. The summed E-state index contributed by atoms with van der Waals surface area (Å²) >= 11 is 1.32. The Balaban J connectivity index is 1.89. The predicted molar refractivity (Wildman–Crippen MR) is 110 cm³/mol. The van der Waals surface area contributed by atoms with Crippen LogP contribution in [0.1, 0.15) is 12.0 Å². The van der Waals surface area contributed by atoms with Gasteiger partial charge in [-0.3, -0.25) is 19.7 Å².